The van der Waals surface area contributed by atoms with Gasteiger partial charge in [-0.25, -0.2) is 9.59 Å². The number of aliphatic hydroxyl groups excluding tert-OH is 1. The maximum absolute atomic E-state index is 12.6. The van der Waals surface area contributed by atoms with E-state index in [0.29, 0.717) is 0 Å². The molecule has 140 valence electrons. The van der Waals surface area contributed by atoms with Gasteiger partial charge in [0.15, 0.2) is 6.10 Å². The monoisotopic (exact) mass is 363 g/mol. The number of carbonyl (C=O) groups is 2. The minimum absolute atomic E-state index is 0.208. The molecule has 6 nitrogen and oxygen atoms in total. The molecule has 0 bridgehead atoms. The Labute approximate surface area is 142 Å². The van der Waals surface area contributed by atoms with Gasteiger partial charge in [0, 0.05) is 6.42 Å². The summed E-state index contributed by atoms with van der Waals surface area (Å²) in [4.78, 5) is 22.7. The van der Waals surface area contributed by atoms with Gasteiger partial charge in [-0.2, -0.15) is 13.2 Å². The number of hydrogen-bond donors (Lipinski definition) is 3. The molecule has 1 aromatic carbocycles. The predicted octanol–water partition coefficient (Wildman–Crippen LogP) is 3.11. The summed E-state index contributed by atoms with van der Waals surface area (Å²) in [6.07, 6.45) is -7.63. The van der Waals surface area contributed by atoms with Gasteiger partial charge in [0.05, 0.1) is 11.6 Å². The SMILES string of the molecule is CC(C)(C)OC(=O)NC(CC(O)C(=O)O)c1ccc(C(F)(F)F)cc1. The van der Waals surface area contributed by atoms with E-state index in [2.05, 4.69) is 5.32 Å². The van der Waals surface area contributed by atoms with E-state index in [9.17, 15) is 27.9 Å². The van der Waals surface area contributed by atoms with Gasteiger partial charge in [-0.3, -0.25) is 0 Å². The van der Waals surface area contributed by atoms with Gasteiger partial charge in [0.1, 0.15) is 5.60 Å². The number of nitrogens with one attached hydrogen (secondary N) is 1. The number of ether oxygens (including phenoxy) is 1. The van der Waals surface area contributed by atoms with E-state index in [1.807, 2.05) is 0 Å². The lowest BCUT2D eigenvalue weighted by Crippen LogP contribution is -2.37. The van der Waals surface area contributed by atoms with E-state index in [1.54, 1.807) is 20.8 Å². The minimum atomic E-state index is -4.52. The number of rotatable bonds is 5. The first-order chi connectivity index (χ1) is 11.3. The molecule has 1 rings (SSSR count). The van der Waals surface area contributed by atoms with Crippen LogP contribution in [-0.4, -0.2) is 34.0 Å². The highest BCUT2D eigenvalue weighted by molar-refractivity contribution is 5.72. The number of aliphatic carboxylic acids is 1. The maximum atomic E-state index is 12.6. The Morgan fingerprint density at radius 3 is 2.08 bits per heavy atom. The Balaban J connectivity index is 3.01. The molecule has 0 fully saturated rings. The molecule has 0 aliphatic heterocycles. The predicted molar refractivity (Wildman–Crippen MR) is 81.8 cm³/mol. The van der Waals surface area contributed by atoms with E-state index in [0.717, 1.165) is 24.3 Å². The van der Waals surface area contributed by atoms with E-state index in [1.165, 1.54) is 0 Å². The summed E-state index contributed by atoms with van der Waals surface area (Å²) < 4.78 is 42.9. The van der Waals surface area contributed by atoms with Crippen molar-refractivity contribution in [3.63, 3.8) is 0 Å². The Morgan fingerprint density at radius 1 is 1.16 bits per heavy atom. The quantitative estimate of drug-likeness (QED) is 0.747. The van der Waals surface area contributed by atoms with E-state index < -0.39 is 48.0 Å². The Morgan fingerprint density at radius 2 is 1.68 bits per heavy atom. The number of amides is 1. The van der Waals surface area contributed by atoms with E-state index >= 15 is 0 Å². The molecule has 0 spiro atoms. The largest absolute Gasteiger partial charge is 0.479 e. The summed E-state index contributed by atoms with van der Waals surface area (Å²) in [6.45, 7) is 4.85. The Kier molecular flexibility index (Phi) is 6.42. The number of alkyl halides is 3. The number of carboxylic acids is 1. The molecule has 1 amide bonds. The lowest BCUT2D eigenvalue weighted by Gasteiger charge is -2.25. The highest BCUT2D eigenvalue weighted by Crippen LogP contribution is 2.30. The molecule has 25 heavy (non-hydrogen) atoms. The average molecular weight is 363 g/mol. The van der Waals surface area contributed by atoms with Crippen LogP contribution < -0.4 is 5.32 Å². The van der Waals surface area contributed by atoms with Crippen molar-refractivity contribution in [2.24, 2.45) is 0 Å². The van der Waals surface area contributed by atoms with Crippen molar-refractivity contribution in [1.29, 1.82) is 0 Å². The zero-order valence-corrected chi connectivity index (χ0v) is 13.9. The first kappa shape index (κ1) is 20.8. The molecule has 9 heteroatoms. The van der Waals surface area contributed by atoms with Crippen LogP contribution in [0.4, 0.5) is 18.0 Å². The molecular formula is C16H20F3NO5. The summed E-state index contributed by atoms with van der Waals surface area (Å²) in [7, 11) is 0. The third-order valence-electron chi connectivity index (χ3n) is 3.08. The number of benzene rings is 1. The molecule has 0 aliphatic carbocycles. The van der Waals surface area contributed by atoms with Crippen molar-refractivity contribution in [1.82, 2.24) is 5.32 Å². The van der Waals surface area contributed by atoms with Gasteiger partial charge in [0.25, 0.3) is 0 Å². The van der Waals surface area contributed by atoms with Gasteiger partial charge < -0.3 is 20.3 Å². The Bertz CT molecular complexity index is 608. The van der Waals surface area contributed by atoms with Crippen LogP contribution in [0.2, 0.25) is 0 Å². The maximum Gasteiger partial charge on any atom is 0.416 e. The fourth-order valence-electron chi connectivity index (χ4n) is 1.96. The van der Waals surface area contributed by atoms with Gasteiger partial charge in [-0.1, -0.05) is 12.1 Å². The minimum Gasteiger partial charge on any atom is -0.479 e. The second kappa shape index (κ2) is 7.73. The standard InChI is InChI=1S/C16H20F3NO5/c1-15(2,3)25-14(24)20-11(8-12(21)13(22)23)9-4-6-10(7-5-9)16(17,18)19/h4-7,11-12,21H,8H2,1-3H3,(H,20,24)(H,22,23). The van der Waals surface area contributed by atoms with Crippen LogP contribution in [0.1, 0.15) is 44.4 Å². The number of alkyl carbamates (subject to hydrolysis) is 1. The smallest absolute Gasteiger partial charge is 0.416 e. The number of carbonyl (C=O) groups excluding carboxylic acids is 1. The topological polar surface area (TPSA) is 95.9 Å². The first-order valence-electron chi connectivity index (χ1n) is 7.37. The van der Waals surface area contributed by atoms with Crippen LogP contribution in [0.25, 0.3) is 0 Å². The number of carboxylic acid groups (broad SMARTS) is 1. The van der Waals surface area contributed by atoms with Crippen molar-refractivity contribution in [2.75, 3.05) is 0 Å². The third kappa shape index (κ3) is 7.00. The second-order valence-corrected chi connectivity index (χ2v) is 6.41. The molecule has 3 N–H and O–H groups in total. The van der Waals surface area contributed by atoms with Crippen LogP contribution in [-0.2, 0) is 15.7 Å². The highest BCUT2D eigenvalue weighted by atomic mass is 19.4. The lowest BCUT2D eigenvalue weighted by molar-refractivity contribution is -0.147. The van der Waals surface area contributed by atoms with Crippen LogP contribution in [0, 0.1) is 0 Å². The number of hydrogen-bond acceptors (Lipinski definition) is 4. The van der Waals surface area contributed by atoms with Crippen LogP contribution >= 0.6 is 0 Å². The van der Waals surface area contributed by atoms with Crippen molar-refractivity contribution >= 4 is 12.1 Å². The van der Waals surface area contributed by atoms with Crippen LogP contribution in [0.5, 0.6) is 0 Å². The molecule has 0 aromatic heterocycles. The molecule has 2 unspecified atom stereocenters. The molecule has 0 heterocycles. The summed E-state index contributed by atoms with van der Waals surface area (Å²) >= 11 is 0. The fourth-order valence-corrected chi connectivity index (χ4v) is 1.96. The zero-order chi connectivity index (χ0) is 19.4. The van der Waals surface area contributed by atoms with E-state index in [4.69, 9.17) is 9.84 Å². The molecule has 0 radical (unpaired) electrons. The van der Waals surface area contributed by atoms with E-state index in [-0.39, 0.29) is 5.56 Å². The zero-order valence-electron chi connectivity index (χ0n) is 13.9. The Hall–Kier alpha value is -2.29. The molecule has 0 aliphatic rings. The van der Waals surface area contributed by atoms with Gasteiger partial charge in [0.2, 0.25) is 0 Å². The van der Waals surface area contributed by atoms with Crippen molar-refractivity contribution in [2.45, 2.75) is 51.1 Å². The van der Waals surface area contributed by atoms with Gasteiger partial charge in [-0.15, -0.1) is 0 Å². The van der Waals surface area contributed by atoms with Crippen molar-refractivity contribution in [3.05, 3.63) is 35.4 Å². The van der Waals surface area contributed by atoms with Crippen molar-refractivity contribution in [3.8, 4) is 0 Å². The van der Waals surface area contributed by atoms with Gasteiger partial charge >= 0.3 is 18.2 Å². The first-order valence-corrected chi connectivity index (χ1v) is 7.37. The highest BCUT2D eigenvalue weighted by Gasteiger charge is 2.31. The van der Waals surface area contributed by atoms with Gasteiger partial charge in [-0.05, 0) is 38.5 Å². The lowest BCUT2D eigenvalue weighted by atomic mass is 9.99. The second-order valence-electron chi connectivity index (χ2n) is 6.41. The molecule has 1 aromatic rings. The van der Waals surface area contributed by atoms with Crippen LogP contribution in [0.3, 0.4) is 0 Å². The van der Waals surface area contributed by atoms with Crippen molar-refractivity contribution < 1.29 is 37.7 Å². The number of aliphatic hydroxyl groups is 1. The number of halogens is 3. The molecule has 0 saturated carbocycles. The molecule has 0 saturated heterocycles. The summed E-state index contributed by atoms with van der Waals surface area (Å²) in [5.41, 5.74) is -1.49. The molecular weight excluding hydrogens is 343 g/mol. The average Bonchev–Trinajstić information content (AvgIpc) is 2.43. The third-order valence-corrected chi connectivity index (χ3v) is 3.08. The summed E-state index contributed by atoms with van der Waals surface area (Å²) in [5.74, 6) is -1.51. The van der Waals surface area contributed by atoms with Crippen LogP contribution in [0.15, 0.2) is 24.3 Å². The molecule has 2 atom stereocenters. The summed E-state index contributed by atoms with van der Waals surface area (Å²) in [5, 5.41) is 20.7. The normalized spacial score (nSPS) is 14.5. The summed E-state index contributed by atoms with van der Waals surface area (Å²) in [6, 6.07) is 2.81. The fraction of sp³-hybridized carbons (Fsp3) is 0.500.